The fraction of sp³-hybridized carbons (Fsp3) is 0.214. The van der Waals surface area contributed by atoms with Gasteiger partial charge in [0.1, 0.15) is 11.8 Å². The van der Waals surface area contributed by atoms with Crippen molar-refractivity contribution >= 4 is 34.4 Å². The number of nitrogens with zero attached hydrogens (tertiary/aromatic N) is 7. The summed E-state index contributed by atoms with van der Waals surface area (Å²) in [6, 6.07) is 1.96. The minimum Gasteiger partial charge on any atom is -0.354 e. The second-order valence-corrected chi connectivity index (χ2v) is 5.47. The predicted octanol–water partition coefficient (Wildman–Crippen LogP) is 1.35. The second-order valence-electron chi connectivity index (χ2n) is 5.47. The molecule has 9 heteroatoms. The molecule has 2 N–H and O–H groups in total. The third-order valence-corrected chi connectivity index (χ3v) is 4.00. The Balaban J connectivity index is 1.56. The van der Waals surface area contributed by atoms with E-state index in [1.54, 1.807) is 10.7 Å². The Morgan fingerprint density at radius 1 is 1.26 bits per heavy atom. The number of rotatable bonds is 2. The number of fused-ring (bicyclic) bond motifs is 4. The maximum Gasteiger partial charge on any atom is 0.229 e. The van der Waals surface area contributed by atoms with Gasteiger partial charge in [-0.25, -0.2) is 14.5 Å². The number of hydrogen-bond acceptors (Lipinski definition) is 7. The molecule has 0 bridgehead atoms. The lowest BCUT2D eigenvalue weighted by Gasteiger charge is -2.08. The van der Waals surface area contributed by atoms with Crippen molar-refractivity contribution in [3.63, 3.8) is 0 Å². The summed E-state index contributed by atoms with van der Waals surface area (Å²) in [5, 5.41) is 10.6. The third kappa shape index (κ3) is 1.83. The molecule has 0 spiro atoms. The van der Waals surface area contributed by atoms with Crippen LogP contribution in [-0.4, -0.2) is 40.7 Å². The first-order chi connectivity index (χ1) is 11.3. The van der Waals surface area contributed by atoms with Gasteiger partial charge in [0.2, 0.25) is 11.9 Å². The summed E-state index contributed by atoms with van der Waals surface area (Å²) in [7, 11) is 0. The summed E-state index contributed by atoms with van der Waals surface area (Å²) >= 11 is 0. The van der Waals surface area contributed by atoms with E-state index < -0.39 is 0 Å². The Hall–Kier alpha value is -3.23. The molecule has 0 amide bonds. The van der Waals surface area contributed by atoms with Crippen LogP contribution in [0.5, 0.6) is 0 Å². The molecule has 0 fully saturated rings. The van der Waals surface area contributed by atoms with Gasteiger partial charge in [-0.2, -0.15) is 15.1 Å². The highest BCUT2D eigenvalue weighted by Crippen LogP contribution is 2.24. The lowest BCUT2D eigenvalue weighted by atomic mass is 10.2. The first-order valence-electron chi connectivity index (χ1n) is 7.32. The molecular formula is C14H13N9. The fourth-order valence-electron chi connectivity index (χ4n) is 2.82. The number of imidazole rings is 1. The minimum atomic E-state index is 0.511. The molecule has 5 heterocycles. The average molecular weight is 307 g/mol. The molecule has 4 aromatic rings. The van der Waals surface area contributed by atoms with Gasteiger partial charge in [0.15, 0.2) is 11.3 Å². The van der Waals surface area contributed by atoms with Crippen molar-refractivity contribution in [1.82, 2.24) is 34.1 Å². The maximum atomic E-state index is 4.50. The number of hydrogen-bond donors (Lipinski definition) is 2. The highest BCUT2D eigenvalue weighted by molar-refractivity contribution is 5.76. The molecule has 114 valence electrons. The van der Waals surface area contributed by atoms with Crippen molar-refractivity contribution in [2.45, 2.75) is 13.5 Å². The van der Waals surface area contributed by atoms with Gasteiger partial charge in [-0.15, -0.1) is 0 Å². The number of nitrogens with one attached hydrogen (secondary N) is 2. The van der Waals surface area contributed by atoms with Crippen molar-refractivity contribution in [2.75, 3.05) is 17.2 Å². The van der Waals surface area contributed by atoms with Gasteiger partial charge in [-0.05, 0) is 18.6 Å². The van der Waals surface area contributed by atoms with E-state index in [0.29, 0.717) is 11.6 Å². The Morgan fingerprint density at radius 2 is 2.22 bits per heavy atom. The molecule has 4 aromatic heterocycles. The van der Waals surface area contributed by atoms with Crippen molar-refractivity contribution in [3.05, 3.63) is 30.4 Å². The molecule has 0 saturated heterocycles. The number of anilines is 3. The first-order valence-corrected chi connectivity index (χ1v) is 7.32. The molecule has 23 heavy (non-hydrogen) atoms. The van der Waals surface area contributed by atoms with Gasteiger partial charge in [0, 0.05) is 13.1 Å². The second kappa shape index (κ2) is 4.38. The topological polar surface area (TPSA) is 97.8 Å². The van der Waals surface area contributed by atoms with Gasteiger partial charge in [0.05, 0.1) is 18.1 Å². The summed E-state index contributed by atoms with van der Waals surface area (Å²) in [6.07, 6.45) is 5.21. The van der Waals surface area contributed by atoms with E-state index in [-0.39, 0.29) is 0 Å². The highest BCUT2D eigenvalue weighted by atomic mass is 15.3. The van der Waals surface area contributed by atoms with Crippen LogP contribution >= 0.6 is 0 Å². The van der Waals surface area contributed by atoms with Gasteiger partial charge >= 0.3 is 0 Å². The zero-order valence-electron chi connectivity index (χ0n) is 12.4. The molecule has 1 aliphatic heterocycles. The Labute approximate surface area is 130 Å². The van der Waals surface area contributed by atoms with E-state index in [4.69, 9.17) is 0 Å². The van der Waals surface area contributed by atoms with Crippen LogP contribution in [0, 0.1) is 6.92 Å². The number of pyridine rings is 1. The Morgan fingerprint density at radius 3 is 3.17 bits per heavy atom. The average Bonchev–Trinajstić information content (AvgIpc) is 3.22. The molecule has 0 radical (unpaired) electrons. The third-order valence-electron chi connectivity index (χ3n) is 4.00. The summed E-state index contributed by atoms with van der Waals surface area (Å²) in [5.74, 6) is 1.36. The molecule has 1 aliphatic rings. The largest absolute Gasteiger partial charge is 0.354 e. The van der Waals surface area contributed by atoms with Gasteiger partial charge in [-0.1, -0.05) is 0 Å². The Kier molecular flexibility index (Phi) is 2.35. The molecule has 5 rings (SSSR count). The first kappa shape index (κ1) is 12.3. The lowest BCUT2D eigenvalue weighted by molar-refractivity contribution is 0.835. The van der Waals surface area contributed by atoms with Crippen molar-refractivity contribution < 1.29 is 0 Å². The van der Waals surface area contributed by atoms with Gasteiger partial charge < -0.3 is 15.2 Å². The van der Waals surface area contributed by atoms with Crippen molar-refractivity contribution in [1.29, 1.82) is 0 Å². The lowest BCUT2D eigenvalue weighted by Crippen LogP contribution is -2.02. The summed E-state index contributed by atoms with van der Waals surface area (Å²) in [5.41, 5.74) is 4.36. The molecular weight excluding hydrogens is 294 g/mol. The zero-order chi connectivity index (χ0) is 15.4. The van der Waals surface area contributed by atoms with Crippen LogP contribution in [0.25, 0.3) is 16.8 Å². The monoisotopic (exact) mass is 307 g/mol. The summed E-state index contributed by atoms with van der Waals surface area (Å²) in [6.45, 7) is 3.80. The molecule has 0 aliphatic carbocycles. The number of aryl methyl sites for hydroxylation is 1. The van der Waals surface area contributed by atoms with E-state index in [0.717, 1.165) is 41.5 Å². The predicted molar refractivity (Wildman–Crippen MR) is 84.8 cm³/mol. The normalized spacial score (nSPS) is 13.4. The molecule has 0 saturated carbocycles. The molecule has 0 aromatic carbocycles. The smallest absolute Gasteiger partial charge is 0.229 e. The zero-order valence-corrected chi connectivity index (χ0v) is 12.4. The summed E-state index contributed by atoms with van der Waals surface area (Å²) in [4.78, 5) is 17.6. The van der Waals surface area contributed by atoms with E-state index in [1.807, 2.05) is 19.2 Å². The van der Waals surface area contributed by atoms with E-state index in [2.05, 4.69) is 40.2 Å². The highest BCUT2D eigenvalue weighted by Gasteiger charge is 2.17. The van der Waals surface area contributed by atoms with E-state index in [1.165, 1.54) is 6.33 Å². The van der Waals surface area contributed by atoms with Crippen LogP contribution in [0.15, 0.2) is 24.8 Å². The Bertz CT molecular complexity index is 1050. The van der Waals surface area contributed by atoms with E-state index >= 15 is 0 Å². The van der Waals surface area contributed by atoms with Crippen molar-refractivity contribution in [3.8, 4) is 0 Å². The standard InChI is InChI=1S/C14H13N9/c1-8-4-11-17-7-18-23(11)6-9(8)19-13-16-5-10-12(20-13)21-14-15-2-3-22(10)14/h4-7H,2-3H2,1H3,(H2,15,16,19,20,21). The van der Waals surface area contributed by atoms with Crippen LogP contribution in [0.1, 0.15) is 5.56 Å². The van der Waals surface area contributed by atoms with Crippen LogP contribution in [-0.2, 0) is 6.54 Å². The summed E-state index contributed by atoms with van der Waals surface area (Å²) < 4.78 is 3.80. The quantitative estimate of drug-likeness (QED) is 0.576. The minimum absolute atomic E-state index is 0.511. The van der Waals surface area contributed by atoms with Crippen LogP contribution in [0.3, 0.4) is 0 Å². The van der Waals surface area contributed by atoms with Gasteiger partial charge in [-0.3, -0.25) is 0 Å². The maximum absolute atomic E-state index is 4.50. The van der Waals surface area contributed by atoms with E-state index in [9.17, 15) is 0 Å². The number of aromatic nitrogens is 7. The van der Waals surface area contributed by atoms with Crippen LogP contribution < -0.4 is 10.6 Å². The fourth-order valence-corrected chi connectivity index (χ4v) is 2.82. The van der Waals surface area contributed by atoms with Crippen LogP contribution in [0.2, 0.25) is 0 Å². The van der Waals surface area contributed by atoms with Crippen LogP contribution in [0.4, 0.5) is 17.6 Å². The van der Waals surface area contributed by atoms with Gasteiger partial charge in [0.25, 0.3) is 0 Å². The SMILES string of the molecule is Cc1cc2ncnn2cc1Nc1ncc2c(n1)nc1n2CCN1. The molecule has 0 unspecified atom stereocenters. The van der Waals surface area contributed by atoms with Crippen molar-refractivity contribution in [2.24, 2.45) is 0 Å². The molecule has 9 nitrogen and oxygen atoms in total. The molecule has 0 atom stereocenters.